The number of carbonyl (C=O) groups is 1. The predicted octanol–water partition coefficient (Wildman–Crippen LogP) is 2.49. The Morgan fingerprint density at radius 3 is 3.00 bits per heavy atom. The van der Waals surface area contributed by atoms with E-state index in [1.807, 2.05) is 0 Å². The van der Waals surface area contributed by atoms with Gasteiger partial charge in [-0.2, -0.15) is 0 Å². The molecule has 0 bridgehead atoms. The largest absolute Gasteiger partial charge is 0.429 e. The second-order valence-electron chi connectivity index (χ2n) is 4.04. The quantitative estimate of drug-likeness (QED) is 0.890. The highest BCUT2D eigenvalue weighted by atomic mass is 19.1. The summed E-state index contributed by atoms with van der Waals surface area (Å²) in [6, 6.07) is 6.02. The summed E-state index contributed by atoms with van der Waals surface area (Å²) in [6.07, 6.45) is 2.07. The van der Waals surface area contributed by atoms with E-state index in [-0.39, 0.29) is 11.8 Å². The summed E-state index contributed by atoms with van der Waals surface area (Å²) in [4.78, 5) is 15.3. The predicted molar refractivity (Wildman–Crippen MR) is 68.4 cm³/mol. The molecule has 0 aliphatic rings. The van der Waals surface area contributed by atoms with E-state index >= 15 is 0 Å². The second kappa shape index (κ2) is 5.99. The maximum atomic E-state index is 12.9. The molecule has 100 valence electrons. The molecule has 0 saturated carbocycles. The second-order valence-corrected chi connectivity index (χ2v) is 4.04. The van der Waals surface area contributed by atoms with Crippen molar-refractivity contribution in [3.8, 4) is 0 Å². The number of rotatable bonds is 4. The maximum Gasteiger partial charge on any atom is 0.322 e. The lowest BCUT2D eigenvalue weighted by Crippen LogP contribution is -2.30. The Hall–Kier alpha value is -2.37. The number of hydrogen-bond acceptors (Lipinski definition) is 3. The fourth-order valence-electron chi connectivity index (χ4n) is 1.57. The number of aromatic nitrogens is 1. The first kappa shape index (κ1) is 13.1. The van der Waals surface area contributed by atoms with Crippen LogP contribution in [0, 0.1) is 12.7 Å². The number of amides is 2. The van der Waals surface area contributed by atoms with Crippen molar-refractivity contribution >= 4 is 12.0 Å². The van der Waals surface area contributed by atoms with E-state index in [0.717, 1.165) is 5.56 Å². The monoisotopic (exact) mass is 263 g/mol. The van der Waals surface area contributed by atoms with Crippen LogP contribution in [0.5, 0.6) is 0 Å². The fourth-order valence-corrected chi connectivity index (χ4v) is 1.57. The van der Waals surface area contributed by atoms with Gasteiger partial charge in [0, 0.05) is 6.54 Å². The summed E-state index contributed by atoms with van der Waals surface area (Å²) in [5.41, 5.74) is 0.826. The van der Waals surface area contributed by atoms with E-state index < -0.39 is 6.03 Å². The van der Waals surface area contributed by atoms with Crippen LogP contribution in [0.25, 0.3) is 0 Å². The van der Waals surface area contributed by atoms with Gasteiger partial charge in [0.15, 0.2) is 0 Å². The molecule has 0 aliphatic carbocycles. The zero-order chi connectivity index (χ0) is 13.7. The van der Waals surface area contributed by atoms with Crippen molar-refractivity contribution in [2.45, 2.75) is 13.3 Å². The van der Waals surface area contributed by atoms with Gasteiger partial charge in [0.05, 0.1) is 6.20 Å². The lowest BCUT2D eigenvalue weighted by Gasteiger charge is -2.05. The Kier molecular flexibility index (Phi) is 4.12. The number of benzene rings is 1. The molecule has 0 unspecified atom stereocenters. The number of nitrogens with zero attached hydrogens (tertiary/aromatic N) is 1. The molecule has 0 saturated heterocycles. The van der Waals surface area contributed by atoms with Crippen LogP contribution in [0.4, 0.5) is 15.2 Å². The van der Waals surface area contributed by atoms with E-state index in [4.69, 9.17) is 4.42 Å². The maximum absolute atomic E-state index is 12.9. The summed E-state index contributed by atoms with van der Waals surface area (Å²) in [7, 11) is 0. The number of carbonyl (C=O) groups excluding carboxylic acids is 1. The van der Waals surface area contributed by atoms with Crippen molar-refractivity contribution in [3.05, 3.63) is 47.6 Å². The first-order valence-electron chi connectivity index (χ1n) is 5.85. The molecule has 0 spiro atoms. The Labute approximate surface area is 109 Å². The topological polar surface area (TPSA) is 67.2 Å². The molecule has 6 heteroatoms. The molecule has 0 radical (unpaired) electrons. The molecule has 2 amide bonds. The van der Waals surface area contributed by atoms with Gasteiger partial charge in [0.25, 0.3) is 0 Å². The minimum atomic E-state index is -0.404. The normalized spacial score (nSPS) is 10.2. The molecular formula is C13H14FN3O2. The minimum Gasteiger partial charge on any atom is -0.429 e. The summed E-state index contributed by atoms with van der Waals surface area (Å²) >= 11 is 0. The Morgan fingerprint density at radius 1 is 1.47 bits per heavy atom. The van der Waals surface area contributed by atoms with Gasteiger partial charge in [-0.15, -0.1) is 0 Å². The number of aryl methyl sites for hydroxylation is 1. The van der Waals surface area contributed by atoms with Crippen molar-refractivity contribution in [1.82, 2.24) is 10.3 Å². The minimum absolute atomic E-state index is 0.153. The van der Waals surface area contributed by atoms with Crippen LogP contribution in [0.1, 0.15) is 11.3 Å². The van der Waals surface area contributed by atoms with Crippen molar-refractivity contribution in [1.29, 1.82) is 0 Å². The number of hydrogen-bond donors (Lipinski definition) is 2. The molecule has 0 aliphatic heterocycles. The smallest absolute Gasteiger partial charge is 0.322 e. The summed E-state index contributed by atoms with van der Waals surface area (Å²) in [5.74, 6) is 0.340. The molecule has 19 heavy (non-hydrogen) atoms. The van der Waals surface area contributed by atoms with E-state index in [1.54, 1.807) is 19.1 Å². The molecule has 0 atom stereocenters. The molecule has 0 fully saturated rings. The van der Waals surface area contributed by atoms with Crippen LogP contribution < -0.4 is 10.6 Å². The van der Waals surface area contributed by atoms with E-state index in [2.05, 4.69) is 15.6 Å². The van der Waals surface area contributed by atoms with Crippen molar-refractivity contribution in [2.24, 2.45) is 0 Å². The fraction of sp³-hybridized carbons (Fsp3) is 0.231. The lowest BCUT2D eigenvalue weighted by atomic mass is 10.1. The summed E-state index contributed by atoms with van der Waals surface area (Å²) in [5, 5.41) is 5.09. The third kappa shape index (κ3) is 4.09. The third-order valence-corrected chi connectivity index (χ3v) is 2.43. The number of nitrogens with one attached hydrogen (secondary N) is 2. The number of anilines is 1. The van der Waals surface area contributed by atoms with Gasteiger partial charge < -0.3 is 9.73 Å². The van der Waals surface area contributed by atoms with E-state index in [0.29, 0.717) is 18.7 Å². The molecular weight excluding hydrogens is 249 g/mol. The first-order valence-corrected chi connectivity index (χ1v) is 5.85. The van der Waals surface area contributed by atoms with E-state index in [9.17, 15) is 9.18 Å². The average Bonchev–Trinajstić information content (AvgIpc) is 2.75. The van der Waals surface area contributed by atoms with Crippen LogP contribution in [0.3, 0.4) is 0 Å². The summed E-state index contributed by atoms with van der Waals surface area (Å²) < 4.78 is 18.0. The standard InChI is InChI=1S/C13H14FN3O2/c1-9-8-16-13(19-9)17-12(18)15-6-5-10-3-2-4-11(14)7-10/h2-4,7-8H,5-6H2,1H3,(H2,15,16,17,18). The van der Waals surface area contributed by atoms with Gasteiger partial charge in [0.1, 0.15) is 11.6 Å². The van der Waals surface area contributed by atoms with Gasteiger partial charge >= 0.3 is 12.0 Å². The van der Waals surface area contributed by atoms with Gasteiger partial charge in [-0.25, -0.2) is 14.2 Å². The highest BCUT2D eigenvalue weighted by Crippen LogP contribution is 2.06. The van der Waals surface area contributed by atoms with Crippen molar-refractivity contribution in [2.75, 3.05) is 11.9 Å². The number of oxazole rings is 1. The van der Waals surface area contributed by atoms with Crippen LogP contribution in [-0.2, 0) is 6.42 Å². The first-order chi connectivity index (χ1) is 9.13. The van der Waals surface area contributed by atoms with Gasteiger partial charge in [0.2, 0.25) is 0 Å². The van der Waals surface area contributed by atoms with Crippen LogP contribution in [-0.4, -0.2) is 17.6 Å². The molecule has 1 heterocycles. The number of halogens is 1. The molecule has 5 nitrogen and oxygen atoms in total. The van der Waals surface area contributed by atoms with Gasteiger partial charge in [-0.1, -0.05) is 12.1 Å². The van der Waals surface area contributed by atoms with Crippen molar-refractivity contribution < 1.29 is 13.6 Å². The number of urea groups is 1. The average molecular weight is 263 g/mol. The van der Waals surface area contributed by atoms with Crippen LogP contribution in [0.2, 0.25) is 0 Å². The van der Waals surface area contributed by atoms with Crippen molar-refractivity contribution in [3.63, 3.8) is 0 Å². The zero-order valence-electron chi connectivity index (χ0n) is 10.4. The van der Waals surface area contributed by atoms with Gasteiger partial charge in [-0.05, 0) is 31.0 Å². The molecule has 1 aromatic carbocycles. The molecule has 1 aromatic heterocycles. The highest BCUT2D eigenvalue weighted by molar-refractivity contribution is 5.86. The van der Waals surface area contributed by atoms with Crippen LogP contribution >= 0.6 is 0 Å². The summed E-state index contributed by atoms with van der Waals surface area (Å²) in [6.45, 7) is 2.13. The Morgan fingerprint density at radius 2 is 2.32 bits per heavy atom. The third-order valence-electron chi connectivity index (χ3n) is 2.43. The molecule has 2 N–H and O–H groups in total. The molecule has 2 rings (SSSR count). The Bertz CT molecular complexity index is 569. The highest BCUT2D eigenvalue weighted by Gasteiger charge is 2.05. The SMILES string of the molecule is Cc1cnc(NC(=O)NCCc2cccc(F)c2)o1. The zero-order valence-corrected chi connectivity index (χ0v) is 10.4. The van der Waals surface area contributed by atoms with Gasteiger partial charge in [-0.3, -0.25) is 5.32 Å². The molecule has 2 aromatic rings. The van der Waals surface area contributed by atoms with E-state index in [1.165, 1.54) is 18.3 Å². The van der Waals surface area contributed by atoms with Crippen LogP contribution in [0.15, 0.2) is 34.9 Å². The Balaban J connectivity index is 1.75. The lowest BCUT2D eigenvalue weighted by molar-refractivity contribution is 0.251.